The second kappa shape index (κ2) is 7.02. The molecule has 2 unspecified atom stereocenters. The summed E-state index contributed by atoms with van der Waals surface area (Å²) < 4.78 is 0. The van der Waals surface area contributed by atoms with E-state index in [1.807, 2.05) is 7.05 Å². The first kappa shape index (κ1) is 16.5. The third-order valence-electron chi connectivity index (χ3n) is 5.48. The lowest BCUT2D eigenvalue weighted by molar-refractivity contribution is -0.137. The first-order valence-electron chi connectivity index (χ1n) is 8.77. The van der Waals surface area contributed by atoms with Crippen LogP contribution in [-0.4, -0.2) is 48.7 Å². The summed E-state index contributed by atoms with van der Waals surface area (Å²) in [7, 11) is 2.05. The molecule has 126 valence electrons. The fourth-order valence-corrected chi connectivity index (χ4v) is 3.84. The number of carboxylic acid groups (broad SMARTS) is 1. The second-order valence-electron chi connectivity index (χ2n) is 7.48. The minimum absolute atomic E-state index is 0.235. The molecule has 0 aromatic heterocycles. The van der Waals surface area contributed by atoms with Gasteiger partial charge in [0.05, 0.1) is 6.42 Å². The zero-order chi connectivity index (χ0) is 16.3. The van der Waals surface area contributed by atoms with Crippen molar-refractivity contribution in [2.45, 2.75) is 44.1 Å². The molecule has 2 aliphatic rings. The van der Waals surface area contributed by atoms with E-state index >= 15 is 0 Å². The Balaban J connectivity index is 1.44. The third kappa shape index (κ3) is 4.33. The van der Waals surface area contributed by atoms with Crippen LogP contribution in [0.1, 0.15) is 43.6 Å². The van der Waals surface area contributed by atoms with Crippen LogP contribution in [0.25, 0.3) is 0 Å². The summed E-state index contributed by atoms with van der Waals surface area (Å²) in [5.41, 5.74) is 1.81. The van der Waals surface area contributed by atoms with E-state index in [4.69, 9.17) is 5.11 Å². The predicted molar refractivity (Wildman–Crippen MR) is 91.6 cm³/mol. The largest absolute Gasteiger partial charge is 0.481 e. The van der Waals surface area contributed by atoms with Crippen LogP contribution in [0.15, 0.2) is 30.3 Å². The van der Waals surface area contributed by atoms with Crippen LogP contribution in [0.2, 0.25) is 0 Å². The van der Waals surface area contributed by atoms with Crippen LogP contribution in [0.3, 0.4) is 0 Å². The molecular formula is C19H28N2O2. The fourth-order valence-electron chi connectivity index (χ4n) is 3.84. The van der Waals surface area contributed by atoms with Gasteiger partial charge in [0.1, 0.15) is 0 Å². The van der Waals surface area contributed by atoms with Gasteiger partial charge in [-0.1, -0.05) is 36.8 Å². The smallest absolute Gasteiger partial charge is 0.304 e. The molecule has 0 saturated heterocycles. The van der Waals surface area contributed by atoms with Gasteiger partial charge in [-0.05, 0) is 37.3 Å². The van der Waals surface area contributed by atoms with Crippen LogP contribution in [0.5, 0.6) is 0 Å². The highest BCUT2D eigenvalue weighted by atomic mass is 16.4. The molecule has 0 aliphatic heterocycles. The van der Waals surface area contributed by atoms with Crippen LogP contribution in [0.4, 0.5) is 0 Å². The molecule has 0 bridgehead atoms. The summed E-state index contributed by atoms with van der Waals surface area (Å²) in [4.78, 5) is 12.9. The molecule has 0 heterocycles. The average molecular weight is 316 g/mol. The first-order valence-corrected chi connectivity index (χ1v) is 8.77. The summed E-state index contributed by atoms with van der Waals surface area (Å²) in [6.07, 6.45) is 5.31. The second-order valence-corrected chi connectivity index (χ2v) is 7.48. The summed E-state index contributed by atoms with van der Waals surface area (Å²) >= 11 is 0. The van der Waals surface area contributed by atoms with Crippen LogP contribution in [0, 0.1) is 5.41 Å². The van der Waals surface area contributed by atoms with Crippen LogP contribution >= 0.6 is 0 Å². The van der Waals surface area contributed by atoms with Crippen molar-refractivity contribution in [3.8, 4) is 0 Å². The number of benzene rings is 1. The molecule has 2 fully saturated rings. The van der Waals surface area contributed by atoms with E-state index in [0.29, 0.717) is 23.9 Å². The highest BCUT2D eigenvalue weighted by molar-refractivity contribution is 5.66. The van der Waals surface area contributed by atoms with Gasteiger partial charge < -0.3 is 15.3 Å². The van der Waals surface area contributed by atoms with Crippen molar-refractivity contribution >= 4 is 5.97 Å². The highest BCUT2D eigenvalue weighted by Crippen LogP contribution is 2.44. The molecular weight excluding hydrogens is 288 g/mol. The Morgan fingerprint density at radius 2 is 2.09 bits per heavy atom. The molecule has 2 atom stereocenters. The Morgan fingerprint density at radius 3 is 2.70 bits per heavy atom. The van der Waals surface area contributed by atoms with E-state index in [1.165, 1.54) is 31.2 Å². The summed E-state index contributed by atoms with van der Waals surface area (Å²) in [6.45, 7) is 2.72. The molecule has 0 radical (unpaired) electrons. The van der Waals surface area contributed by atoms with Crippen LogP contribution in [-0.2, 0) is 4.79 Å². The van der Waals surface area contributed by atoms with Gasteiger partial charge in [-0.15, -0.1) is 0 Å². The number of carboxylic acids is 1. The lowest BCUT2D eigenvalue weighted by Gasteiger charge is -2.44. The molecule has 2 N–H and O–H groups in total. The van der Waals surface area contributed by atoms with Crippen molar-refractivity contribution in [2.75, 3.05) is 26.7 Å². The Bertz CT molecular complexity index is 527. The zero-order valence-corrected chi connectivity index (χ0v) is 14.0. The number of hydrogen-bond acceptors (Lipinski definition) is 3. The number of carbonyl (C=O) groups is 1. The maximum atomic E-state index is 10.7. The molecule has 2 aliphatic carbocycles. The number of hydrogen-bond donors (Lipinski definition) is 2. The SMILES string of the molecule is CN(CCC(=O)O)CC1(CNC2CC2c2ccccc2)CCC1. The molecule has 4 nitrogen and oxygen atoms in total. The Labute approximate surface area is 138 Å². The summed E-state index contributed by atoms with van der Waals surface area (Å²) in [5, 5.41) is 12.6. The maximum absolute atomic E-state index is 10.7. The van der Waals surface area contributed by atoms with Crippen molar-refractivity contribution in [1.82, 2.24) is 10.2 Å². The van der Waals surface area contributed by atoms with E-state index in [-0.39, 0.29) is 6.42 Å². The molecule has 1 aromatic rings. The molecule has 0 spiro atoms. The Kier molecular flexibility index (Phi) is 5.02. The van der Waals surface area contributed by atoms with Crippen molar-refractivity contribution < 1.29 is 9.90 Å². The zero-order valence-electron chi connectivity index (χ0n) is 14.0. The summed E-state index contributed by atoms with van der Waals surface area (Å²) in [5.74, 6) is -0.0283. The number of aliphatic carboxylic acids is 1. The number of rotatable bonds is 9. The average Bonchev–Trinajstić information content (AvgIpc) is 3.28. The monoisotopic (exact) mass is 316 g/mol. The molecule has 0 amide bonds. The Morgan fingerprint density at radius 1 is 1.35 bits per heavy atom. The quantitative estimate of drug-likeness (QED) is 0.735. The van der Waals surface area contributed by atoms with Gasteiger partial charge in [-0.25, -0.2) is 0 Å². The van der Waals surface area contributed by atoms with Gasteiger partial charge in [0, 0.05) is 31.6 Å². The van der Waals surface area contributed by atoms with E-state index in [1.54, 1.807) is 0 Å². The topological polar surface area (TPSA) is 52.6 Å². The predicted octanol–water partition coefficient (Wildman–Crippen LogP) is 2.71. The van der Waals surface area contributed by atoms with E-state index < -0.39 is 5.97 Å². The van der Waals surface area contributed by atoms with E-state index in [9.17, 15) is 4.79 Å². The molecule has 3 rings (SSSR count). The lowest BCUT2D eigenvalue weighted by Crippen LogP contribution is -2.48. The fraction of sp³-hybridized carbons (Fsp3) is 0.632. The molecule has 4 heteroatoms. The molecule has 1 aromatic carbocycles. The molecule has 23 heavy (non-hydrogen) atoms. The maximum Gasteiger partial charge on any atom is 0.304 e. The third-order valence-corrected chi connectivity index (χ3v) is 5.48. The van der Waals surface area contributed by atoms with E-state index in [0.717, 1.165) is 13.1 Å². The van der Waals surface area contributed by atoms with Crippen LogP contribution < -0.4 is 5.32 Å². The van der Waals surface area contributed by atoms with Crippen molar-refractivity contribution in [1.29, 1.82) is 0 Å². The van der Waals surface area contributed by atoms with Crippen molar-refractivity contribution in [2.24, 2.45) is 5.41 Å². The van der Waals surface area contributed by atoms with Gasteiger partial charge in [0.15, 0.2) is 0 Å². The number of nitrogens with one attached hydrogen (secondary N) is 1. The van der Waals surface area contributed by atoms with Crippen molar-refractivity contribution in [3.63, 3.8) is 0 Å². The number of nitrogens with zero attached hydrogens (tertiary/aromatic N) is 1. The van der Waals surface area contributed by atoms with Gasteiger partial charge in [-0.2, -0.15) is 0 Å². The minimum Gasteiger partial charge on any atom is -0.481 e. The summed E-state index contributed by atoms with van der Waals surface area (Å²) in [6, 6.07) is 11.4. The van der Waals surface area contributed by atoms with E-state index in [2.05, 4.69) is 40.5 Å². The van der Waals surface area contributed by atoms with Crippen molar-refractivity contribution in [3.05, 3.63) is 35.9 Å². The van der Waals surface area contributed by atoms with Gasteiger partial charge >= 0.3 is 5.97 Å². The minimum atomic E-state index is -0.707. The van der Waals surface area contributed by atoms with Gasteiger partial charge in [0.25, 0.3) is 0 Å². The standard InChI is InChI=1S/C19H28N2O2/c1-21(11-8-18(22)23)14-19(9-5-10-19)13-20-17-12-16(17)15-6-3-2-4-7-15/h2-4,6-7,16-17,20H,5,8-14H2,1H3,(H,22,23). The lowest BCUT2D eigenvalue weighted by atomic mass is 9.68. The van der Waals surface area contributed by atoms with Gasteiger partial charge in [0.2, 0.25) is 0 Å². The normalized spacial score (nSPS) is 25.1. The first-order chi connectivity index (χ1) is 11.1. The van der Waals surface area contributed by atoms with Gasteiger partial charge in [-0.3, -0.25) is 4.79 Å². The molecule has 2 saturated carbocycles. The highest BCUT2D eigenvalue weighted by Gasteiger charge is 2.42. The Hall–Kier alpha value is -1.39.